The molecule has 0 radical (unpaired) electrons. The number of hydrogen-bond donors (Lipinski definition) is 1. The zero-order valence-corrected chi connectivity index (χ0v) is 20.3. The molecule has 15 heteroatoms. The van der Waals surface area contributed by atoms with Crippen molar-refractivity contribution < 1.29 is 22.0 Å². The summed E-state index contributed by atoms with van der Waals surface area (Å²) in [4.78, 5) is 10.9. The van der Waals surface area contributed by atoms with E-state index >= 15 is 0 Å². The molecule has 1 aromatic carbocycles. The average Bonchev–Trinajstić information content (AvgIpc) is 3.43. The minimum Gasteiger partial charge on any atom is -0.382 e. The van der Waals surface area contributed by atoms with E-state index in [1.807, 2.05) is 6.92 Å². The normalized spacial score (nSPS) is 12.8. The molecule has 0 saturated heterocycles. The number of anilines is 1. The second kappa shape index (κ2) is 9.14. The van der Waals surface area contributed by atoms with Crippen LogP contribution in [0.25, 0.3) is 22.3 Å². The Morgan fingerprint density at radius 1 is 1.11 bits per heavy atom. The Morgan fingerprint density at radius 2 is 1.84 bits per heavy atom. The van der Waals surface area contributed by atoms with Crippen molar-refractivity contribution in [3.63, 3.8) is 0 Å². The molecule has 0 spiro atoms. The van der Waals surface area contributed by atoms with Crippen LogP contribution in [-0.2, 0) is 6.18 Å². The van der Waals surface area contributed by atoms with Crippen LogP contribution in [0.3, 0.4) is 0 Å². The van der Waals surface area contributed by atoms with E-state index in [9.17, 15) is 22.0 Å². The lowest BCUT2D eigenvalue weighted by Gasteiger charge is -2.13. The number of fused-ring (bicyclic) bond motifs is 1. The fraction of sp³-hybridized carbons (Fsp3) is 0.182. The largest absolute Gasteiger partial charge is 0.451 e. The molecule has 0 amide bonds. The SMILES string of the molecule is CCC(c1cn(-c2ccc(F)cc2F)nn1)c1c(Br)c(-c2cnc(C(F)(F)F)nc2)c2c(N)ncnn12. The number of alkyl halides is 3. The number of halogens is 6. The number of aromatic nitrogens is 8. The van der Waals surface area contributed by atoms with Crippen molar-refractivity contribution in [2.45, 2.75) is 25.4 Å². The third kappa shape index (κ3) is 4.28. The number of benzene rings is 1. The Morgan fingerprint density at radius 3 is 2.49 bits per heavy atom. The molecule has 0 aliphatic carbocycles. The summed E-state index contributed by atoms with van der Waals surface area (Å²) in [7, 11) is 0. The van der Waals surface area contributed by atoms with E-state index in [1.165, 1.54) is 27.8 Å². The molecule has 1 atom stereocenters. The highest BCUT2D eigenvalue weighted by Crippen LogP contribution is 2.43. The van der Waals surface area contributed by atoms with Gasteiger partial charge in [-0.2, -0.15) is 18.3 Å². The molecule has 190 valence electrons. The van der Waals surface area contributed by atoms with E-state index in [0.717, 1.165) is 24.5 Å². The first kappa shape index (κ1) is 24.7. The summed E-state index contributed by atoms with van der Waals surface area (Å²) < 4.78 is 69.8. The summed E-state index contributed by atoms with van der Waals surface area (Å²) in [5.41, 5.74) is 8.08. The van der Waals surface area contributed by atoms with Crippen molar-refractivity contribution in [2.75, 3.05) is 5.73 Å². The van der Waals surface area contributed by atoms with Gasteiger partial charge in [0, 0.05) is 35.5 Å². The van der Waals surface area contributed by atoms with Crippen molar-refractivity contribution >= 4 is 27.3 Å². The van der Waals surface area contributed by atoms with Gasteiger partial charge in [0.25, 0.3) is 0 Å². The van der Waals surface area contributed by atoms with Crippen LogP contribution in [0.4, 0.5) is 27.8 Å². The van der Waals surface area contributed by atoms with Crippen molar-refractivity contribution in [1.29, 1.82) is 0 Å². The predicted molar refractivity (Wildman–Crippen MR) is 125 cm³/mol. The van der Waals surface area contributed by atoms with Crippen LogP contribution in [-0.4, -0.2) is 39.6 Å². The van der Waals surface area contributed by atoms with Gasteiger partial charge in [-0.05, 0) is 34.5 Å². The van der Waals surface area contributed by atoms with E-state index in [4.69, 9.17) is 5.73 Å². The Bertz CT molecular complexity index is 1610. The van der Waals surface area contributed by atoms with E-state index in [2.05, 4.69) is 46.3 Å². The number of nitrogens with zero attached hydrogens (tertiary/aromatic N) is 8. The Kier molecular flexibility index (Phi) is 6.09. The molecule has 0 aliphatic heterocycles. The molecule has 5 rings (SSSR count). The maximum atomic E-state index is 14.3. The van der Waals surface area contributed by atoms with Crippen LogP contribution in [0.2, 0.25) is 0 Å². The molecule has 0 bridgehead atoms. The lowest BCUT2D eigenvalue weighted by atomic mass is 9.98. The average molecular weight is 580 g/mol. The van der Waals surface area contributed by atoms with Gasteiger partial charge >= 0.3 is 6.18 Å². The summed E-state index contributed by atoms with van der Waals surface area (Å²) in [6.07, 6.45) is 0.600. The zero-order chi connectivity index (χ0) is 26.5. The minimum absolute atomic E-state index is 0.00301. The van der Waals surface area contributed by atoms with Gasteiger partial charge in [-0.1, -0.05) is 12.1 Å². The molecule has 0 saturated carbocycles. The molecule has 5 aromatic rings. The van der Waals surface area contributed by atoms with Gasteiger partial charge in [0.05, 0.1) is 22.1 Å². The van der Waals surface area contributed by atoms with Crippen molar-refractivity contribution in [3.05, 3.63) is 76.4 Å². The first-order chi connectivity index (χ1) is 17.6. The van der Waals surface area contributed by atoms with Crippen LogP contribution in [0.15, 0.2) is 47.6 Å². The monoisotopic (exact) mass is 579 g/mol. The topological polar surface area (TPSA) is 113 Å². The van der Waals surface area contributed by atoms with Gasteiger partial charge in [-0.15, -0.1) is 5.10 Å². The van der Waals surface area contributed by atoms with Gasteiger partial charge in [-0.25, -0.2) is 32.9 Å². The van der Waals surface area contributed by atoms with Crippen LogP contribution < -0.4 is 5.73 Å². The minimum atomic E-state index is -4.70. The third-order valence-electron chi connectivity index (χ3n) is 5.68. The molecule has 4 aromatic heterocycles. The lowest BCUT2D eigenvalue weighted by molar-refractivity contribution is -0.144. The van der Waals surface area contributed by atoms with E-state index in [0.29, 0.717) is 33.4 Å². The van der Waals surface area contributed by atoms with Crippen molar-refractivity contribution in [1.82, 2.24) is 39.6 Å². The van der Waals surface area contributed by atoms with Gasteiger partial charge in [0.2, 0.25) is 5.82 Å². The number of nitrogen functional groups attached to an aromatic ring is 1. The Balaban J connectivity index is 1.66. The molecular formula is C22H15BrF5N9. The van der Waals surface area contributed by atoms with Crippen molar-refractivity contribution in [3.8, 4) is 16.8 Å². The lowest BCUT2D eigenvalue weighted by Crippen LogP contribution is -2.10. The quantitative estimate of drug-likeness (QED) is 0.293. The smallest absolute Gasteiger partial charge is 0.382 e. The summed E-state index contributed by atoms with van der Waals surface area (Å²) in [6, 6.07) is 3.08. The summed E-state index contributed by atoms with van der Waals surface area (Å²) in [5, 5.41) is 12.5. The second-order valence-corrected chi connectivity index (χ2v) is 8.71. The van der Waals surface area contributed by atoms with Gasteiger partial charge in [0.1, 0.15) is 23.3 Å². The Labute approximate surface area is 213 Å². The highest BCUT2D eigenvalue weighted by Gasteiger charge is 2.35. The van der Waals surface area contributed by atoms with E-state index in [-0.39, 0.29) is 17.1 Å². The summed E-state index contributed by atoms with van der Waals surface area (Å²) in [5.74, 6) is -3.23. The van der Waals surface area contributed by atoms with Crippen LogP contribution in [0.5, 0.6) is 0 Å². The fourth-order valence-electron chi connectivity index (χ4n) is 4.04. The van der Waals surface area contributed by atoms with Gasteiger partial charge in [0.15, 0.2) is 11.6 Å². The fourth-order valence-corrected chi connectivity index (χ4v) is 4.90. The maximum absolute atomic E-state index is 14.3. The Hall–Kier alpha value is -4.01. The molecule has 4 heterocycles. The summed E-state index contributed by atoms with van der Waals surface area (Å²) in [6.45, 7) is 1.87. The number of nitrogens with two attached hydrogens (primary N) is 1. The standard InChI is InChI=1S/C22H15BrF5N9/c1-2-12(14-8-36(35-34-14)15-4-3-11(24)5-13(15)25)18-17(23)16(19-20(29)32-9-33-37(18)19)10-6-30-21(31-7-10)22(26,27)28/h3-9,12H,2H2,1H3,(H2,29,32,33). The van der Waals surface area contributed by atoms with Crippen LogP contribution in [0, 0.1) is 11.6 Å². The third-order valence-corrected chi connectivity index (χ3v) is 6.49. The predicted octanol–water partition coefficient (Wildman–Crippen LogP) is 4.95. The number of rotatable bonds is 5. The molecule has 0 aliphatic rings. The second-order valence-electron chi connectivity index (χ2n) is 7.92. The van der Waals surface area contributed by atoms with Gasteiger partial charge < -0.3 is 5.73 Å². The molecule has 37 heavy (non-hydrogen) atoms. The molecular weight excluding hydrogens is 565 g/mol. The molecule has 1 unspecified atom stereocenters. The summed E-state index contributed by atoms with van der Waals surface area (Å²) >= 11 is 3.55. The highest BCUT2D eigenvalue weighted by molar-refractivity contribution is 9.10. The molecule has 2 N–H and O–H groups in total. The van der Waals surface area contributed by atoms with E-state index < -0.39 is 29.6 Å². The first-order valence-electron chi connectivity index (χ1n) is 10.7. The maximum Gasteiger partial charge on any atom is 0.451 e. The van der Waals surface area contributed by atoms with Crippen molar-refractivity contribution in [2.24, 2.45) is 0 Å². The zero-order valence-electron chi connectivity index (χ0n) is 18.7. The highest BCUT2D eigenvalue weighted by atomic mass is 79.9. The van der Waals surface area contributed by atoms with E-state index in [1.54, 1.807) is 0 Å². The van der Waals surface area contributed by atoms with Gasteiger partial charge in [-0.3, -0.25) is 0 Å². The van der Waals surface area contributed by atoms with Crippen LogP contribution >= 0.6 is 15.9 Å². The first-order valence-corrected chi connectivity index (χ1v) is 11.5. The molecule has 0 fully saturated rings. The molecule has 9 nitrogen and oxygen atoms in total. The number of hydrogen-bond acceptors (Lipinski definition) is 7. The van der Waals surface area contributed by atoms with Crippen LogP contribution in [0.1, 0.15) is 36.5 Å².